The van der Waals surface area contributed by atoms with Crippen molar-refractivity contribution in [1.29, 1.82) is 0 Å². The molecule has 2 N–H and O–H groups in total. The molecule has 0 saturated heterocycles. The highest BCUT2D eigenvalue weighted by atomic mass is 32.2. The van der Waals surface area contributed by atoms with E-state index in [1.807, 2.05) is 61.5 Å². The zero-order valence-corrected chi connectivity index (χ0v) is 16.6. The smallest absolute Gasteiger partial charge is 0.278 e. The molecule has 0 fully saturated rings. The molecule has 0 bridgehead atoms. The number of para-hydroxylation sites is 2. The molecule has 4 rings (SSSR count). The van der Waals surface area contributed by atoms with Gasteiger partial charge in [0.2, 0.25) is 5.91 Å². The number of carbonyl (C=O) groups excluding carboxylic acids is 1. The maximum absolute atomic E-state index is 12.5. The van der Waals surface area contributed by atoms with Crippen molar-refractivity contribution >= 4 is 34.5 Å². The van der Waals surface area contributed by atoms with E-state index in [0.717, 1.165) is 23.4 Å². The minimum atomic E-state index is -0.312. The van der Waals surface area contributed by atoms with Gasteiger partial charge in [0.1, 0.15) is 0 Å². The second kappa shape index (κ2) is 8.32. The lowest BCUT2D eigenvalue weighted by Gasteiger charge is -2.10. The Morgan fingerprint density at radius 2 is 1.90 bits per heavy atom. The zero-order valence-electron chi connectivity index (χ0n) is 15.8. The number of hydrogen-bond acceptors (Lipinski definition) is 5. The van der Waals surface area contributed by atoms with Crippen molar-refractivity contribution in [2.75, 3.05) is 11.1 Å². The predicted octanol–water partition coefficient (Wildman–Crippen LogP) is 3.40. The second-order valence-corrected chi connectivity index (χ2v) is 7.26. The fourth-order valence-corrected chi connectivity index (χ4v) is 3.87. The molecule has 2 aromatic heterocycles. The number of aromatic amines is 1. The van der Waals surface area contributed by atoms with Crippen molar-refractivity contribution in [3.8, 4) is 5.69 Å². The summed E-state index contributed by atoms with van der Waals surface area (Å²) in [6.07, 6.45) is 2.19. The molecule has 1 amide bonds. The molecule has 2 heterocycles. The zero-order chi connectivity index (χ0) is 20.2. The van der Waals surface area contributed by atoms with Gasteiger partial charge in [0, 0.05) is 11.4 Å². The summed E-state index contributed by atoms with van der Waals surface area (Å²) in [6.45, 7) is 2.05. The number of benzene rings is 2. The first kappa shape index (κ1) is 18.9. The van der Waals surface area contributed by atoms with Crippen LogP contribution in [-0.4, -0.2) is 31.2 Å². The Bertz CT molecular complexity index is 1220. The number of imidazole rings is 1. The molecule has 7 nitrogen and oxygen atoms in total. The summed E-state index contributed by atoms with van der Waals surface area (Å²) in [6, 6.07) is 17.3. The van der Waals surface area contributed by atoms with Crippen molar-refractivity contribution in [1.82, 2.24) is 19.5 Å². The monoisotopic (exact) mass is 405 g/mol. The minimum absolute atomic E-state index is 0.135. The van der Waals surface area contributed by atoms with Crippen LogP contribution in [0, 0.1) is 0 Å². The summed E-state index contributed by atoms with van der Waals surface area (Å²) in [5, 5.41) is 3.49. The lowest BCUT2D eigenvalue weighted by atomic mass is 10.1. The highest BCUT2D eigenvalue weighted by Crippen LogP contribution is 2.26. The van der Waals surface area contributed by atoms with Gasteiger partial charge in [0.05, 0.1) is 12.1 Å². The van der Waals surface area contributed by atoms with Crippen LogP contribution in [0.5, 0.6) is 0 Å². The number of anilines is 1. The van der Waals surface area contributed by atoms with Gasteiger partial charge in [0.25, 0.3) is 5.56 Å². The second-order valence-electron chi connectivity index (χ2n) is 6.32. The van der Waals surface area contributed by atoms with E-state index < -0.39 is 0 Å². The molecular weight excluding hydrogens is 386 g/mol. The standard InChI is InChI=1S/C21H19N5O2S/c1-2-14-8-6-7-11-16(14)24-17(27)12-29-21-25-18-19(22-13-23-20(18)28)26(21)15-9-4-3-5-10-15/h3-11,13H,2,12H2,1H3,(H,24,27)(H,22,23,28). The van der Waals surface area contributed by atoms with E-state index in [9.17, 15) is 9.59 Å². The normalized spacial score (nSPS) is 10.9. The highest BCUT2D eigenvalue weighted by molar-refractivity contribution is 7.99. The van der Waals surface area contributed by atoms with E-state index >= 15 is 0 Å². The van der Waals surface area contributed by atoms with Crippen LogP contribution in [0.1, 0.15) is 12.5 Å². The number of carbonyl (C=O) groups is 1. The van der Waals surface area contributed by atoms with Crippen molar-refractivity contribution in [2.24, 2.45) is 0 Å². The number of amides is 1. The molecule has 0 aliphatic heterocycles. The fraction of sp³-hybridized carbons (Fsp3) is 0.143. The first-order valence-electron chi connectivity index (χ1n) is 9.19. The van der Waals surface area contributed by atoms with Gasteiger partial charge >= 0.3 is 0 Å². The minimum Gasteiger partial charge on any atom is -0.325 e. The molecule has 0 unspecified atom stereocenters. The number of aromatic nitrogens is 4. The number of thioether (sulfide) groups is 1. The molecule has 4 aromatic rings. The molecule has 0 aliphatic carbocycles. The van der Waals surface area contributed by atoms with Gasteiger partial charge in [-0.2, -0.15) is 0 Å². The van der Waals surface area contributed by atoms with E-state index in [1.54, 1.807) is 4.57 Å². The van der Waals surface area contributed by atoms with Crippen LogP contribution in [0.25, 0.3) is 16.9 Å². The molecule has 0 aliphatic rings. The largest absolute Gasteiger partial charge is 0.325 e. The Morgan fingerprint density at radius 1 is 1.14 bits per heavy atom. The number of rotatable bonds is 6. The van der Waals surface area contributed by atoms with Crippen LogP contribution in [0.3, 0.4) is 0 Å². The summed E-state index contributed by atoms with van der Waals surface area (Å²) in [5.41, 5.74) is 3.11. The van der Waals surface area contributed by atoms with Crippen LogP contribution >= 0.6 is 11.8 Å². The maximum Gasteiger partial charge on any atom is 0.278 e. The van der Waals surface area contributed by atoms with E-state index in [0.29, 0.717) is 10.8 Å². The third-order valence-electron chi connectivity index (χ3n) is 4.44. The Hall–Kier alpha value is -3.39. The third kappa shape index (κ3) is 3.93. The molecule has 8 heteroatoms. The van der Waals surface area contributed by atoms with Gasteiger partial charge in [0.15, 0.2) is 16.3 Å². The lowest BCUT2D eigenvalue weighted by Crippen LogP contribution is -2.15. The molecule has 0 spiro atoms. The van der Waals surface area contributed by atoms with Crippen LogP contribution in [0.15, 0.2) is 70.9 Å². The summed E-state index contributed by atoms with van der Waals surface area (Å²) in [5.74, 6) is 0.0241. The van der Waals surface area contributed by atoms with Gasteiger partial charge in [-0.25, -0.2) is 9.97 Å². The highest BCUT2D eigenvalue weighted by Gasteiger charge is 2.17. The number of nitrogens with one attached hydrogen (secondary N) is 2. The van der Waals surface area contributed by atoms with Gasteiger partial charge in [-0.3, -0.25) is 14.2 Å². The molecule has 0 atom stereocenters. The first-order chi connectivity index (χ1) is 14.2. The van der Waals surface area contributed by atoms with Crippen LogP contribution in [0.4, 0.5) is 5.69 Å². The van der Waals surface area contributed by atoms with E-state index in [4.69, 9.17) is 0 Å². The van der Waals surface area contributed by atoms with E-state index in [1.165, 1.54) is 18.1 Å². The van der Waals surface area contributed by atoms with Crippen molar-refractivity contribution in [3.63, 3.8) is 0 Å². The van der Waals surface area contributed by atoms with Crippen LogP contribution < -0.4 is 10.9 Å². The van der Waals surface area contributed by atoms with Crippen molar-refractivity contribution in [3.05, 3.63) is 76.8 Å². The van der Waals surface area contributed by atoms with Crippen LogP contribution in [0.2, 0.25) is 0 Å². The summed E-state index contributed by atoms with van der Waals surface area (Å²) in [7, 11) is 0. The number of hydrogen-bond donors (Lipinski definition) is 2. The topological polar surface area (TPSA) is 92.7 Å². The Morgan fingerprint density at radius 3 is 2.69 bits per heavy atom. The summed E-state index contributed by atoms with van der Waals surface area (Å²) >= 11 is 1.26. The third-order valence-corrected chi connectivity index (χ3v) is 5.38. The van der Waals surface area contributed by atoms with Crippen molar-refractivity contribution < 1.29 is 4.79 Å². The van der Waals surface area contributed by atoms with Gasteiger partial charge in [-0.05, 0) is 30.2 Å². The summed E-state index contributed by atoms with van der Waals surface area (Å²) in [4.78, 5) is 36.0. The Kier molecular flexibility index (Phi) is 5.44. The number of fused-ring (bicyclic) bond motifs is 1. The average molecular weight is 405 g/mol. The van der Waals surface area contributed by atoms with E-state index in [2.05, 4.69) is 20.3 Å². The Labute approximate surface area is 171 Å². The molecule has 29 heavy (non-hydrogen) atoms. The molecule has 0 radical (unpaired) electrons. The fourth-order valence-electron chi connectivity index (χ4n) is 3.06. The number of nitrogens with zero attached hydrogens (tertiary/aromatic N) is 3. The number of aryl methyl sites for hydroxylation is 1. The molecule has 146 valence electrons. The number of H-pyrrole nitrogens is 1. The molecule has 2 aromatic carbocycles. The lowest BCUT2D eigenvalue weighted by molar-refractivity contribution is -0.113. The van der Waals surface area contributed by atoms with Crippen molar-refractivity contribution in [2.45, 2.75) is 18.5 Å². The maximum atomic E-state index is 12.5. The predicted molar refractivity (Wildman–Crippen MR) is 115 cm³/mol. The Balaban J connectivity index is 1.62. The quantitative estimate of drug-likeness (QED) is 0.480. The van der Waals surface area contributed by atoms with Gasteiger partial charge in [-0.1, -0.05) is 55.1 Å². The van der Waals surface area contributed by atoms with Gasteiger partial charge < -0.3 is 10.3 Å². The van der Waals surface area contributed by atoms with Crippen LogP contribution in [-0.2, 0) is 11.2 Å². The molecule has 0 saturated carbocycles. The SMILES string of the molecule is CCc1ccccc1NC(=O)CSc1nc2c(=O)[nH]cnc2n1-c1ccccc1. The molecular formula is C21H19N5O2S. The average Bonchev–Trinajstić information content (AvgIpc) is 3.13. The first-order valence-corrected chi connectivity index (χ1v) is 10.2. The van der Waals surface area contributed by atoms with Gasteiger partial charge in [-0.15, -0.1) is 0 Å². The summed E-state index contributed by atoms with van der Waals surface area (Å²) < 4.78 is 1.79. The van der Waals surface area contributed by atoms with E-state index in [-0.39, 0.29) is 22.7 Å².